The minimum atomic E-state index is -5.67. The van der Waals surface area contributed by atoms with Crippen LogP contribution in [0.5, 0.6) is 0 Å². The molecule has 8 rings (SSSR count). The maximum atomic E-state index is 14.5. The molecule has 0 spiro atoms. The first-order valence-electron chi connectivity index (χ1n) is 26.7. The van der Waals surface area contributed by atoms with Gasteiger partial charge in [0.1, 0.15) is 4.91 Å². The number of carbonyl (C=O) groups is 1. The molecule has 3 fully saturated rings. The Hall–Kier alpha value is -4.63. The summed E-state index contributed by atoms with van der Waals surface area (Å²) in [5.41, 5.74) is 1.16. The Morgan fingerprint density at radius 3 is 2.27 bits per heavy atom. The van der Waals surface area contributed by atoms with E-state index in [1.165, 1.54) is 30.4 Å². The molecule has 20 heteroatoms. The number of piperidine rings is 2. The van der Waals surface area contributed by atoms with Crippen molar-refractivity contribution >= 4 is 74.6 Å². The van der Waals surface area contributed by atoms with E-state index in [9.17, 15) is 26.4 Å². The summed E-state index contributed by atoms with van der Waals surface area (Å²) in [6, 6.07) is 16.8. The fraction of sp³-hybridized carbons (Fsp3) is 0.466. The largest absolute Gasteiger partial charge is 0.501 e. The molecule has 78 heavy (non-hydrogen) atoms. The molecule has 3 saturated heterocycles. The Kier molecular flexibility index (Phi) is 21.3. The standard InChI is InChI=1S/C50H59ClF3N7O3S4.C8H17NO/c1-8-15-37(51)16-12-13-25-57(6)36(4)45-35(3)49(5)33-43(34(2)46-47(49)60(48(45)62)30-31-61(46)65-7)59-28-26-58(27-29-59)39-23-21-38(22-24-39)55-67-41-19-14-20-42(56-66-40-17-10-9-11-18-40)44(32-41)68(63,64)50(52,53)54;1-2-5-9-6-3-8(10)4-7-9/h8-13,15-24,32-35,55-56H,14,25-31H2,1-7H3;8,10H,2-7H2,1H3/b13-12+,15-8-,37-16+,45-36+;. The maximum absolute atomic E-state index is 14.5. The lowest BCUT2D eigenvalue weighted by Gasteiger charge is -2.56. The summed E-state index contributed by atoms with van der Waals surface area (Å²) in [5, 5.41) is 9.82. The van der Waals surface area contributed by atoms with Crippen LogP contribution < -0.4 is 14.3 Å². The molecule has 3 unspecified atom stereocenters. The predicted molar refractivity (Wildman–Crippen MR) is 319 cm³/mol. The normalized spacial score (nSPS) is 23.6. The van der Waals surface area contributed by atoms with Gasteiger partial charge in [0.2, 0.25) is 0 Å². The Morgan fingerprint density at radius 2 is 1.63 bits per heavy atom. The number of sulfone groups is 1. The van der Waals surface area contributed by atoms with Crippen LogP contribution in [-0.4, -0.2) is 134 Å². The van der Waals surface area contributed by atoms with E-state index in [0.29, 0.717) is 28.7 Å². The number of hydrogen-bond acceptors (Lipinski definition) is 14. The van der Waals surface area contributed by atoms with Crippen LogP contribution in [0.3, 0.4) is 0 Å². The Bertz CT molecular complexity index is 2840. The van der Waals surface area contributed by atoms with Crippen LogP contribution in [0.2, 0.25) is 0 Å². The molecule has 6 aliphatic rings. The summed E-state index contributed by atoms with van der Waals surface area (Å²) in [4.78, 5) is 26.3. The van der Waals surface area contributed by atoms with Crippen LogP contribution in [0.1, 0.15) is 67.2 Å². The molecular weight excluding hydrogens is 1090 g/mol. The number of anilines is 2. The number of alkyl halides is 3. The highest BCUT2D eigenvalue weighted by Crippen LogP contribution is 2.56. The van der Waals surface area contributed by atoms with E-state index in [1.807, 2.05) is 74.7 Å². The number of likely N-dealkylation sites (N-methyl/N-ethyl adjacent to an activating group) is 1. The van der Waals surface area contributed by atoms with Gasteiger partial charge >= 0.3 is 5.51 Å². The summed E-state index contributed by atoms with van der Waals surface area (Å²) < 4.78 is 75.8. The SMILES string of the molecule is CCCN1CCC(O)CC1.C\C=C/C(Cl)=C\C=C\CN(C)/C(C)=C1/C(=O)N2CCN(SC)C3=C2C(C)(C=C(N2CCN(c4ccc(NSC5=CCC=C(NSc6ccccc6)C(S(=O)(=O)C(F)(F)F)=C5)cc4)CC2)C3C)C1C. The Labute approximate surface area is 479 Å². The van der Waals surface area contributed by atoms with Gasteiger partial charge in [-0.2, -0.15) is 13.2 Å². The number of likely N-dealkylation sites (tertiary alicyclic amines) is 1. The highest BCUT2D eigenvalue weighted by Gasteiger charge is 2.55. The van der Waals surface area contributed by atoms with E-state index in [4.69, 9.17) is 16.7 Å². The monoisotopic (exact) mass is 1170 g/mol. The number of halogens is 4. The van der Waals surface area contributed by atoms with Crippen LogP contribution in [-0.2, 0) is 14.6 Å². The van der Waals surface area contributed by atoms with Crippen molar-refractivity contribution in [2.75, 3.05) is 88.4 Å². The molecular formula is C58H76ClF3N8O4S4. The number of amides is 1. The fourth-order valence-corrected chi connectivity index (χ4v) is 14.2. The molecule has 4 heterocycles. The first kappa shape index (κ1) is 61.0. The van der Waals surface area contributed by atoms with Crippen molar-refractivity contribution in [2.45, 2.75) is 83.7 Å². The van der Waals surface area contributed by atoms with Crippen LogP contribution in [0, 0.1) is 17.3 Å². The van der Waals surface area contributed by atoms with E-state index in [-0.39, 0.29) is 36.0 Å². The van der Waals surface area contributed by atoms with E-state index in [1.54, 1.807) is 42.3 Å². The number of allylic oxidation sites excluding steroid dienone is 10. The molecule has 424 valence electrons. The van der Waals surface area contributed by atoms with Crippen molar-refractivity contribution in [1.29, 1.82) is 0 Å². The van der Waals surface area contributed by atoms with E-state index in [2.05, 4.69) is 85.2 Å². The smallest absolute Gasteiger partial charge is 0.393 e. The minimum Gasteiger partial charge on any atom is -0.393 e. The van der Waals surface area contributed by atoms with Gasteiger partial charge in [-0.3, -0.25) is 4.79 Å². The lowest BCUT2D eigenvalue weighted by Crippen LogP contribution is -2.58. The molecule has 0 saturated carbocycles. The van der Waals surface area contributed by atoms with Crippen LogP contribution >= 0.6 is 47.4 Å². The lowest BCUT2D eigenvalue weighted by molar-refractivity contribution is -0.130. The maximum Gasteiger partial charge on any atom is 0.501 e. The summed E-state index contributed by atoms with van der Waals surface area (Å²) >= 11 is 10.1. The molecule has 0 bridgehead atoms. The first-order valence-corrected chi connectivity index (χ1v) is 31.4. The second-order valence-corrected chi connectivity index (χ2v) is 25.3. The third-order valence-corrected chi connectivity index (χ3v) is 19.6. The molecule has 12 nitrogen and oxygen atoms in total. The molecule has 4 aliphatic heterocycles. The van der Waals surface area contributed by atoms with Gasteiger partial charge in [0, 0.05) is 133 Å². The van der Waals surface area contributed by atoms with Gasteiger partial charge in [0.25, 0.3) is 15.7 Å². The number of aliphatic hydroxyl groups is 1. The molecule has 3 N–H and O–H groups in total. The van der Waals surface area contributed by atoms with Gasteiger partial charge in [-0.25, -0.2) is 8.42 Å². The zero-order valence-corrected chi connectivity index (χ0v) is 50.0. The van der Waals surface area contributed by atoms with Crippen LogP contribution in [0.15, 0.2) is 163 Å². The zero-order valence-electron chi connectivity index (χ0n) is 46.0. The molecule has 2 aliphatic carbocycles. The number of nitrogens with zero attached hydrogens (tertiary/aromatic N) is 6. The highest BCUT2D eigenvalue weighted by molar-refractivity contribution is 8.04. The van der Waals surface area contributed by atoms with Gasteiger partial charge in [-0.1, -0.05) is 99.0 Å². The number of aliphatic hydroxyl groups excluding tert-OH is 1. The quantitative estimate of drug-likeness (QED) is 0.0793. The minimum absolute atomic E-state index is 0.0203. The van der Waals surface area contributed by atoms with Gasteiger partial charge in [0.05, 0.1) is 23.2 Å². The lowest BCUT2D eigenvalue weighted by atomic mass is 9.63. The molecule has 2 aromatic rings. The first-order chi connectivity index (χ1) is 37.2. The zero-order chi connectivity index (χ0) is 56.4. The second kappa shape index (κ2) is 27.2. The van der Waals surface area contributed by atoms with Crippen molar-refractivity contribution in [1.82, 2.24) is 28.6 Å². The van der Waals surface area contributed by atoms with Crippen molar-refractivity contribution < 1.29 is 31.5 Å². The number of carbonyl (C=O) groups excluding carboxylic acids is 1. The van der Waals surface area contributed by atoms with Crippen molar-refractivity contribution in [3.8, 4) is 0 Å². The van der Waals surface area contributed by atoms with E-state index < -0.39 is 25.7 Å². The molecule has 1 amide bonds. The number of hydrogen-bond donors (Lipinski definition) is 3. The highest BCUT2D eigenvalue weighted by atomic mass is 35.5. The molecule has 0 radical (unpaired) electrons. The average molecular weight is 1170 g/mol. The second-order valence-electron chi connectivity index (χ2n) is 20.4. The molecule has 0 aromatic heterocycles. The number of nitrogens with one attached hydrogen (secondary N) is 2. The number of piperazine rings is 1. The van der Waals surface area contributed by atoms with Gasteiger partial charge in [-0.15, -0.1) is 0 Å². The van der Waals surface area contributed by atoms with Crippen LogP contribution in [0.4, 0.5) is 24.5 Å². The average Bonchev–Trinajstić information content (AvgIpc) is 3.48. The topological polar surface area (TPSA) is 115 Å². The van der Waals surface area contributed by atoms with Crippen molar-refractivity contribution in [3.63, 3.8) is 0 Å². The third-order valence-electron chi connectivity index (χ3n) is 15.3. The molecule has 2 aromatic carbocycles. The van der Waals surface area contributed by atoms with Gasteiger partial charge in [0.15, 0.2) is 0 Å². The fourth-order valence-electron chi connectivity index (χ4n) is 10.7. The van der Waals surface area contributed by atoms with Crippen molar-refractivity contribution in [3.05, 3.63) is 158 Å². The van der Waals surface area contributed by atoms with E-state index in [0.717, 1.165) is 116 Å². The van der Waals surface area contributed by atoms with Gasteiger partial charge < -0.3 is 43.4 Å². The number of rotatable bonds is 17. The Balaban J connectivity index is 0.000000792. The van der Waals surface area contributed by atoms with Crippen molar-refractivity contribution in [2.24, 2.45) is 17.3 Å². The Morgan fingerprint density at radius 1 is 0.949 bits per heavy atom. The summed E-state index contributed by atoms with van der Waals surface area (Å²) in [5.74, 6) is 0.0916. The summed E-state index contributed by atoms with van der Waals surface area (Å²) in [7, 11) is -3.64. The van der Waals surface area contributed by atoms with Crippen LogP contribution in [0.25, 0.3) is 0 Å². The summed E-state index contributed by atoms with van der Waals surface area (Å²) in [6.07, 6.45) is 21.8. The number of benzene rings is 2. The predicted octanol–water partition coefficient (Wildman–Crippen LogP) is 12.3. The third kappa shape index (κ3) is 14.3. The van der Waals surface area contributed by atoms with E-state index >= 15 is 0 Å². The van der Waals surface area contributed by atoms with Gasteiger partial charge in [-0.05, 0) is 132 Å². The molecule has 3 atom stereocenters. The summed E-state index contributed by atoms with van der Waals surface area (Å²) in [6.45, 7) is 21.5.